The number of benzene rings is 2. The summed E-state index contributed by atoms with van der Waals surface area (Å²) in [4.78, 5) is 14.5. The summed E-state index contributed by atoms with van der Waals surface area (Å²) in [5.41, 5.74) is 3.65. The first kappa shape index (κ1) is 18.5. The fourth-order valence-corrected chi connectivity index (χ4v) is 3.05. The summed E-state index contributed by atoms with van der Waals surface area (Å²) in [6, 6.07) is 20.9. The molecule has 7 nitrogen and oxygen atoms in total. The molecule has 0 spiro atoms. The Balaban J connectivity index is 1.71. The van der Waals surface area contributed by atoms with Crippen LogP contribution in [-0.2, 0) is 6.54 Å². The second kappa shape index (κ2) is 8.02. The maximum Gasteiger partial charge on any atom is 0.274 e. The zero-order valence-corrected chi connectivity index (χ0v) is 16.1. The van der Waals surface area contributed by atoms with Crippen molar-refractivity contribution in [3.8, 4) is 22.7 Å². The van der Waals surface area contributed by atoms with Crippen molar-refractivity contribution in [1.29, 1.82) is 0 Å². The number of hydrogen-bond acceptors (Lipinski definition) is 5. The van der Waals surface area contributed by atoms with Crippen molar-refractivity contribution in [3.63, 3.8) is 0 Å². The molecule has 0 radical (unpaired) electrons. The number of ether oxygens (including phenoxy) is 1. The fraction of sp³-hybridized carbons (Fsp3) is 0.136. The van der Waals surface area contributed by atoms with Gasteiger partial charge in [-0.25, -0.2) is 4.68 Å². The Kier molecular flexibility index (Phi) is 5.11. The molecule has 0 saturated heterocycles. The summed E-state index contributed by atoms with van der Waals surface area (Å²) in [5.74, 6) is 0.570. The fourth-order valence-electron chi connectivity index (χ4n) is 3.05. The maximum atomic E-state index is 13.0. The van der Waals surface area contributed by atoms with Crippen LogP contribution in [0.3, 0.4) is 0 Å². The van der Waals surface area contributed by atoms with Crippen LogP contribution in [0.2, 0.25) is 0 Å². The van der Waals surface area contributed by atoms with Crippen LogP contribution >= 0.6 is 0 Å². The predicted octanol–water partition coefficient (Wildman–Crippen LogP) is 3.81. The quantitative estimate of drug-likeness (QED) is 0.502. The van der Waals surface area contributed by atoms with E-state index in [1.165, 1.54) is 6.26 Å². The number of amides is 1. The van der Waals surface area contributed by atoms with Gasteiger partial charge in [0.1, 0.15) is 17.7 Å². The van der Waals surface area contributed by atoms with Crippen molar-refractivity contribution in [2.24, 2.45) is 0 Å². The second-order valence-corrected chi connectivity index (χ2v) is 6.54. The number of aromatic nitrogens is 3. The lowest BCUT2D eigenvalue weighted by atomic mass is 10.1. The highest BCUT2D eigenvalue weighted by molar-refractivity contribution is 5.93. The summed E-state index contributed by atoms with van der Waals surface area (Å²) in [6.45, 7) is 0.339. The van der Waals surface area contributed by atoms with Crippen molar-refractivity contribution < 1.29 is 14.1 Å². The van der Waals surface area contributed by atoms with E-state index in [-0.39, 0.29) is 5.91 Å². The van der Waals surface area contributed by atoms with Gasteiger partial charge in [-0.3, -0.25) is 4.79 Å². The van der Waals surface area contributed by atoms with Gasteiger partial charge in [0, 0.05) is 18.7 Å². The molecule has 2 aromatic heterocycles. The summed E-state index contributed by atoms with van der Waals surface area (Å²) >= 11 is 0. The molecule has 0 atom stereocenters. The first-order valence-corrected chi connectivity index (χ1v) is 9.10. The number of para-hydroxylation sites is 1. The summed E-state index contributed by atoms with van der Waals surface area (Å²) in [7, 11) is 3.34. The van der Waals surface area contributed by atoms with Crippen molar-refractivity contribution in [3.05, 3.63) is 84.4 Å². The number of nitrogens with zero attached hydrogens (tertiary/aromatic N) is 4. The van der Waals surface area contributed by atoms with Crippen LogP contribution in [0.25, 0.3) is 16.9 Å². The van der Waals surface area contributed by atoms with Crippen LogP contribution in [0.4, 0.5) is 0 Å². The van der Waals surface area contributed by atoms with Gasteiger partial charge in [-0.1, -0.05) is 23.4 Å². The second-order valence-electron chi connectivity index (χ2n) is 6.54. The Morgan fingerprint density at radius 2 is 1.86 bits per heavy atom. The number of carbonyl (C=O) groups is 1. The Labute approximate surface area is 168 Å². The highest BCUT2D eigenvalue weighted by Gasteiger charge is 2.20. The minimum atomic E-state index is -0.197. The molecule has 0 aliphatic rings. The molecule has 2 aromatic carbocycles. The summed E-state index contributed by atoms with van der Waals surface area (Å²) in [5, 5.41) is 8.46. The molecular formula is C22H20N4O3. The minimum Gasteiger partial charge on any atom is -0.497 e. The molecular weight excluding hydrogens is 368 g/mol. The average Bonchev–Trinajstić information content (AvgIpc) is 3.44. The topological polar surface area (TPSA) is 73.4 Å². The SMILES string of the molecule is COc1ccc(-c2cc(C(=O)N(C)Cc3ccon3)nn2-c2ccccc2)cc1. The van der Waals surface area contributed by atoms with Gasteiger partial charge in [0.15, 0.2) is 5.69 Å². The number of hydrogen-bond donors (Lipinski definition) is 0. The molecule has 0 aliphatic carbocycles. The van der Waals surface area contributed by atoms with Crippen LogP contribution in [0.5, 0.6) is 5.75 Å². The number of rotatable bonds is 6. The lowest BCUT2D eigenvalue weighted by Gasteiger charge is -2.13. The van der Waals surface area contributed by atoms with Crippen molar-refractivity contribution in [2.75, 3.05) is 14.2 Å². The normalized spacial score (nSPS) is 10.7. The van der Waals surface area contributed by atoms with E-state index >= 15 is 0 Å². The third kappa shape index (κ3) is 3.89. The van der Waals surface area contributed by atoms with Crippen molar-refractivity contribution >= 4 is 5.91 Å². The smallest absolute Gasteiger partial charge is 0.274 e. The summed E-state index contributed by atoms with van der Waals surface area (Å²) < 4.78 is 11.9. The third-order valence-corrected chi connectivity index (χ3v) is 4.55. The Bertz CT molecular complexity index is 1090. The lowest BCUT2D eigenvalue weighted by Crippen LogP contribution is -2.26. The van der Waals surface area contributed by atoms with Gasteiger partial charge in [-0.15, -0.1) is 0 Å². The van der Waals surface area contributed by atoms with E-state index in [2.05, 4.69) is 10.3 Å². The Morgan fingerprint density at radius 1 is 1.10 bits per heavy atom. The van der Waals surface area contributed by atoms with Crippen molar-refractivity contribution in [1.82, 2.24) is 19.8 Å². The van der Waals surface area contributed by atoms with Gasteiger partial charge >= 0.3 is 0 Å². The van der Waals surface area contributed by atoms with E-state index in [0.29, 0.717) is 17.9 Å². The zero-order valence-electron chi connectivity index (χ0n) is 16.1. The third-order valence-electron chi connectivity index (χ3n) is 4.55. The minimum absolute atomic E-state index is 0.197. The highest BCUT2D eigenvalue weighted by Crippen LogP contribution is 2.26. The largest absolute Gasteiger partial charge is 0.497 e. The van der Waals surface area contributed by atoms with Crippen LogP contribution in [-0.4, -0.2) is 39.9 Å². The van der Waals surface area contributed by atoms with E-state index in [4.69, 9.17) is 9.26 Å². The van der Waals surface area contributed by atoms with Crippen LogP contribution in [0.15, 0.2) is 77.5 Å². The molecule has 0 N–H and O–H groups in total. The monoisotopic (exact) mass is 388 g/mol. The first-order chi connectivity index (χ1) is 14.2. The molecule has 2 heterocycles. The van der Waals surface area contributed by atoms with Gasteiger partial charge in [-0.05, 0) is 42.5 Å². The number of carbonyl (C=O) groups excluding carboxylic acids is 1. The Morgan fingerprint density at radius 3 is 2.52 bits per heavy atom. The van der Waals surface area contributed by atoms with E-state index in [1.807, 2.05) is 54.6 Å². The predicted molar refractivity (Wildman–Crippen MR) is 108 cm³/mol. The molecule has 29 heavy (non-hydrogen) atoms. The molecule has 0 bridgehead atoms. The molecule has 146 valence electrons. The van der Waals surface area contributed by atoms with Gasteiger partial charge in [0.05, 0.1) is 25.0 Å². The van der Waals surface area contributed by atoms with E-state index in [0.717, 1.165) is 22.7 Å². The number of methoxy groups -OCH3 is 1. The molecule has 4 rings (SSSR count). The van der Waals surface area contributed by atoms with Gasteiger partial charge in [0.25, 0.3) is 5.91 Å². The standard InChI is InChI=1S/C22H20N4O3/c1-25(15-17-12-13-29-24-17)22(27)20-14-21(16-8-10-19(28-2)11-9-16)26(23-20)18-6-4-3-5-7-18/h3-14H,15H2,1-2H3. The van der Waals surface area contributed by atoms with Gasteiger partial charge < -0.3 is 14.2 Å². The first-order valence-electron chi connectivity index (χ1n) is 9.10. The van der Waals surface area contributed by atoms with E-state index in [9.17, 15) is 4.79 Å². The average molecular weight is 388 g/mol. The molecule has 0 fully saturated rings. The highest BCUT2D eigenvalue weighted by atomic mass is 16.5. The molecule has 4 aromatic rings. The molecule has 1 amide bonds. The van der Waals surface area contributed by atoms with E-state index < -0.39 is 0 Å². The molecule has 7 heteroatoms. The van der Waals surface area contributed by atoms with Crippen molar-refractivity contribution in [2.45, 2.75) is 6.54 Å². The van der Waals surface area contributed by atoms with E-state index in [1.54, 1.807) is 35.9 Å². The molecule has 0 saturated carbocycles. The maximum absolute atomic E-state index is 13.0. The van der Waals surface area contributed by atoms with Gasteiger partial charge in [0.2, 0.25) is 0 Å². The molecule has 0 unspecified atom stereocenters. The molecule has 0 aliphatic heterocycles. The Hall–Kier alpha value is -3.87. The zero-order chi connectivity index (χ0) is 20.2. The van der Waals surface area contributed by atoms with Crippen LogP contribution in [0.1, 0.15) is 16.2 Å². The van der Waals surface area contributed by atoms with Crippen LogP contribution < -0.4 is 4.74 Å². The summed E-state index contributed by atoms with van der Waals surface area (Å²) in [6.07, 6.45) is 1.49. The van der Waals surface area contributed by atoms with Crippen LogP contribution in [0, 0.1) is 0 Å². The van der Waals surface area contributed by atoms with Gasteiger partial charge in [-0.2, -0.15) is 5.10 Å². The lowest BCUT2D eigenvalue weighted by molar-refractivity contribution is 0.0776.